The monoisotopic (exact) mass is 351 g/mol. The van der Waals surface area contributed by atoms with Crippen LogP contribution in [0.25, 0.3) is 0 Å². The first-order chi connectivity index (χ1) is 11.3. The van der Waals surface area contributed by atoms with E-state index in [0.29, 0.717) is 11.3 Å². The van der Waals surface area contributed by atoms with Gasteiger partial charge < -0.3 is 9.84 Å². The van der Waals surface area contributed by atoms with Crippen LogP contribution in [0.1, 0.15) is 41.2 Å². The Balaban J connectivity index is 2.07. The highest BCUT2D eigenvalue weighted by molar-refractivity contribution is 7.88. The lowest BCUT2D eigenvalue weighted by Crippen LogP contribution is -2.31. The maximum absolute atomic E-state index is 12.1. The molecule has 0 aliphatic heterocycles. The molecule has 0 atom stereocenters. The second kappa shape index (κ2) is 7.59. The van der Waals surface area contributed by atoms with E-state index in [2.05, 4.69) is 15.2 Å². The number of hydrogen-bond donors (Lipinski definition) is 2. The fourth-order valence-electron chi connectivity index (χ4n) is 2.21. The fraction of sp³-hybridized carbons (Fsp3) is 0.375. The summed E-state index contributed by atoms with van der Waals surface area (Å²) in [4.78, 5) is 12.0. The SMILES string of the molecule is Cc1cc(C(=O)NCc2ccccc2CS(=O)(=O)NC(C)C)on1. The minimum Gasteiger partial charge on any atom is -0.351 e. The second-order valence-corrected chi connectivity index (χ2v) is 7.57. The van der Waals surface area contributed by atoms with Crippen molar-refractivity contribution in [1.82, 2.24) is 15.2 Å². The maximum Gasteiger partial charge on any atom is 0.290 e. The van der Waals surface area contributed by atoms with E-state index in [1.165, 1.54) is 6.07 Å². The Morgan fingerprint density at radius 1 is 1.25 bits per heavy atom. The molecule has 0 fully saturated rings. The highest BCUT2D eigenvalue weighted by Crippen LogP contribution is 2.13. The summed E-state index contributed by atoms with van der Waals surface area (Å²) >= 11 is 0. The first-order valence-electron chi connectivity index (χ1n) is 7.55. The van der Waals surface area contributed by atoms with Gasteiger partial charge >= 0.3 is 0 Å². The molecule has 0 aliphatic carbocycles. The zero-order valence-corrected chi connectivity index (χ0v) is 14.7. The third-order valence-electron chi connectivity index (χ3n) is 3.17. The predicted molar refractivity (Wildman–Crippen MR) is 89.7 cm³/mol. The van der Waals surface area contributed by atoms with E-state index in [0.717, 1.165) is 5.56 Å². The summed E-state index contributed by atoms with van der Waals surface area (Å²) in [5, 5.41) is 6.37. The third-order valence-corrected chi connectivity index (χ3v) is 4.69. The van der Waals surface area contributed by atoms with Crippen molar-refractivity contribution in [3.05, 3.63) is 52.9 Å². The van der Waals surface area contributed by atoms with Gasteiger partial charge in [0.05, 0.1) is 11.4 Å². The molecule has 2 aromatic rings. The Morgan fingerprint density at radius 3 is 2.50 bits per heavy atom. The average Bonchev–Trinajstić information content (AvgIpc) is 2.91. The van der Waals surface area contributed by atoms with Crippen LogP contribution in [0.3, 0.4) is 0 Å². The molecule has 0 aliphatic rings. The molecule has 1 amide bonds. The summed E-state index contributed by atoms with van der Waals surface area (Å²) in [7, 11) is -3.44. The third kappa shape index (κ3) is 5.17. The number of sulfonamides is 1. The van der Waals surface area contributed by atoms with Gasteiger partial charge in [0.25, 0.3) is 5.91 Å². The number of carbonyl (C=O) groups excluding carboxylic acids is 1. The van der Waals surface area contributed by atoms with E-state index in [1.54, 1.807) is 45.0 Å². The number of hydrogen-bond acceptors (Lipinski definition) is 5. The molecular weight excluding hydrogens is 330 g/mol. The van der Waals surface area contributed by atoms with E-state index < -0.39 is 15.9 Å². The first-order valence-corrected chi connectivity index (χ1v) is 9.20. The quantitative estimate of drug-likeness (QED) is 0.791. The van der Waals surface area contributed by atoms with E-state index in [4.69, 9.17) is 4.52 Å². The number of nitrogens with zero attached hydrogens (tertiary/aromatic N) is 1. The summed E-state index contributed by atoms with van der Waals surface area (Å²) in [6.07, 6.45) is 0. The van der Waals surface area contributed by atoms with Gasteiger partial charge in [0.2, 0.25) is 15.8 Å². The van der Waals surface area contributed by atoms with Crippen LogP contribution in [0.15, 0.2) is 34.9 Å². The maximum atomic E-state index is 12.1. The highest BCUT2D eigenvalue weighted by atomic mass is 32.2. The van der Waals surface area contributed by atoms with Gasteiger partial charge in [-0.25, -0.2) is 13.1 Å². The molecule has 130 valence electrons. The molecule has 7 nitrogen and oxygen atoms in total. The van der Waals surface area contributed by atoms with E-state index in [1.807, 2.05) is 0 Å². The van der Waals surface area contributed by atoms with Crippen LogP contribution < -0.4 is 10.0 Å². The van der Waals surface area contributed by atoms with Crippen molar-refractivity contribution in [2.75, 3.05) is 0 Å². The van der Waals surface area contributed by atoms with Crippen molar-refractivity contribution in [2.45, 2.75) is 39.1 Å². The van der Waals surface area contributed by atoms with Gasteiger partial charge in [-0.1, -0.05) is 29.4 Å². The van der Waals surface area contributed by atoms with Crippen LogP contribution in [0, 0.1) is 6.92 Å². The summed E-state index contributed by atoms with van der Waals surface area (Å²) in [5.74, 6) is -0.411. The fourth-order valence-corrected chi connectivity index (χ4v) is 3.70. The molecule has 8 heteroatoms. The predicted octanol–water partition coefficient (Wildman–Crippen LogP) is 1.74. The van der Waals surface area contributed by atoms with Gasteiger partial charge in [0.1, 0.15) is 0 Å². The molecule has 0 radical (unpaired) electrons. The van der Waals surface area contributed by atoms with Crippen molar-refractivity contribution in [1.29, 1.82) is 0 Å². The minimum atomic E-state index is -3.44. The lowest BCUT2D eigenvalue weighted by Gasteiger charge is -2.13. The first kappa shape index (κ1) is 18.2. The normalized spacial score (nSPS) is 11.7. The summed E-state index contributed by atoms with van der Waals surface area (Å²) in [5.41, 5.74) is 1.99. The summed E-state index contributed by atoms with van der Waals surface area (Å²) < 4.78 is 31.7. The van der Waals surface area contributed by atoms with E-state index in [9.17, 15) is 13.2 Å². The zero-order valence-electron chi connectivity index (χ0n) is 13.9. The van der Waals surface area contributed by atoms with Crippen LogP contribution >= 0.6 is 0 Å². The van der Waals surface area contributed by atoms with Crippen LogP contribution in [0.4, 0.5) is 0 Å². The summed E-state index contributed by atoms with van der Waals surface area (Å²) in [6, 6.07) is 8.46. The molecule has 1 aromatic carbocycles. The number of amides is 1. The van der Waals surface area contributed by atoms with Crippen molar-refractivity contribution in [2.24, 2.45) is 0 Å². The molecular formula is C16H21N3O4S. The number of carbonyl (C=O) groups is 1. The molecule has 0 saturated carbocycles. The molecule has 0 unspecified atom stereocenters. The minimum absolute atomic E-state index is 0.124. The number of rotatable bonds is 7. The van der Waals surface area contributed by atoms with Gasteiger partial charge in [-0.05, 0) is 31.9 Å². The van der Waals surface area contributed by atoms with Crippen molar-refractivity contribution >= 4 is 15.9 Å². The van der Waals surface area contributed by atoms with Crippen molar-refractivity contribution in [3.8, 4) is 0 Å². The standard InChI is InChI=1S/C16H21N3O4S/c1-11(2)19-24(21,22)10-14-7-5-4-6-13(14)9-17-16(20)15-8-12(3)18-23-15/h4-8,11,19H,9-10H2,1-3H3,(H,17,20). The van der Waals surface area contributed by atoms with Gasteiger partial charge in [0, 0.05) is 18.7 Å². The number of nitrogens with one attached hydrogen (secondary N) is 2. The largest absolute Gasteiger partial charge is 0.351 e. The molecule has 0 bridgehead atoms. The van der Waals surface area contributed by atoms with Gasteiger partial charge in [0.15, 0.2) is 0 Å². The highest BCUT2D eigenvalue weighted by Gasteiger charge is 2.16. The lowest BCUT2D eigenvalue weighted by atomic mass is 10.1. The van der Waals surface area contributed by atoms with E-state index in [-0.39, 0.29) is 24.1 Å². The molecule has 2 rings (SSSR count). The van der Waals surface area contributed by atoms with Crippen LogP contribution in [0.2, 0.25) is 0 Å². The Labute approximate surface area is 141 Å². The number of aromatic nitrogens is 1. The zero-order chi connectivity index (χ0) is 17.7. The van der Waals surface area contributed by atoms with E-state index >= 15 is 0 Å². The Hall–Kier alpha value is -2.19. The Kier molecular flexibility index (Phi) is 5.74. The lowest BCUT2D eigenvalue weighted by molar-refractivity contribution is 0.0914. The van der Waals surface area contributed by atoms with Gasteiger partial charge in [-0.3, -0.25) is 4.79 Å². The molecule has 0 spiro atoms. The smallest absolute Gasteiger partial charge is 0.290 e. The average molecular weight is 351 g/mol. The molecule has 0 saturated heterocycles. The van der Waals surface area contributed by atoms with Crippen molar-refractivity contribution < 1.29 is 17.7 Å². The summed E-state index contributed by atoms with van der Waals surface area (Å²) in [6.45, 7) is 5.46. The molecule has 1 aromatic heterocycles. The van der Waals surface area contributed by atoms with Crippen molar-refractivity contribution in [3.63, 3.8) is 0 Å². The number of aryl methyl sites for hydroxylation is 1. The molecule has 2 N–H and O–H groups in total. The van der Waals surface area contributed by atoms with Crippen LogP contribution in [0.5, 0.6) is 0 Å². The second-order valence-electron chi connectivity index (χ2n) is 5.82. The Morgan fingerprint density at radius 2 is 1.92 bits per heavy atom. The van der Waals surface area contributed by atoms with Crippen LogP contribution in [-0.2, 0) is 22.3 Å². The van der Waals surface area contributed by atoms with Gasteiger partial charge in [-0.15, -0.1) is 0 Å². The van der Waals surface area contributed by atoms with Crippen LogP contribution in [-0.4, -0.2) is 25.5 Å². The molecule has 1 heterocycles. The molecule has 24 heavy (non-hydrogen) atoms. The number of benzene rings is 1. The van der Waals surface area contributed by atoms with Gasteiger partial charge in [-0.2, -0.15) is 0 Å². The topological polar surface area (TPSA) is 101 Å². The Bertz CT molecular complexity index is 812.